The Bertz CT molecular complexity index is 1180. The fourth-order valence-electron chi connectivity index (χ4n) is 2.85. The molecule has 0 N–H and O–H groups in total. The molecule has 0 aliphatic heterocycles. The van der Waals surface area contributed by atoms with Gasteiger partial charge in [-0.05, 0) is 17.7 Å². The summed E-state index contributed by atoms with van der Waals surface area (Å²) in [6.45, 7) is 0.290. The Hall–Kier alpha value is -3.61. The lowest BCUT2D eigenvalue weighted by molar-refractivity contribution is -0.384. The van der Waals surface area contributed by atoms with Gasteiger partial charge in [0.15, 0.2) is 0 Å². The highest BCUT2D eigenvalue weighted by Gasteiger charge is 2.12. The number of non-ortho nitro benzene ring substituents is 1. The van der Waals surface area contributed by atoms with E-state index in [9.17, 15) is 14.9 Å². The first-order valence-electron chi connectivity index (χ1n) is 7.60. The molecule has 0 radical (unpaired) electrons. The van der Waals surface area contributed by atoms with Gasteiger partial charge in [-0.1, -0.05) is 24.3 Å². The van der Waals surface area contributed by atoms with Gasteiger partial charge in [-0.25, -0.2) is 4.98 Å². The molecule has 4 aromatic rings. The van der Waals surface area contributed by atoms with Crippen molar-refractivity contribution in [2.24, 2.45) is 0 Å². The second-order valence-corrected chi connectivity index (χ2v) is 5.63. The van der Waals surface area contributed by atoms with Crippen LogP contribution in [0.4, 0.5) is 5.69 Å². The molecule has 4 rings (SSSR count). The van der Waals surface area contributed by atoms with Crippen LogP contribution in [-0.2, 0) is 6.54 Å². The summed E-state index contributed by atoms with van der Waals surface area (Å²) in [5, 5.41) is 12.2. The third-order valence-corrected chi connectivity index (χ3v) is 4.08. The molecule has 0 fully saturated rings. The summed E-state index contributed by atoms with van der Waals surface area (Å²) in [4.78, 5) is 31.8. The first kappa shape index (κ1) is 14.9. The zero-order chi connectivity index (χ0) is 17.4. The maximum absolute atomic E-state index is 12.7. The quantitative estimate of drug-likeness (QED) is 0.425. The van der Waals surface area contributed by atoms with Crippen molar-refractivity contribution in [2.75, 3.05) is 0 Å². The largest absolute Gasteiger partial charge is 0.294 e. The molecule has 0 bridgehead atoms. The van der Waals surface area contributed by atoms with Crippen molar-refractivity contribution in [3.63, 3.8) is 0 Å². The minimum Gasteiger partial charge on any atom is -0.294 e. The Morgan fingerprint density at radius 2 is 1.92 bits per heavy atom. The summed E-state index contributed by atoms with van der Waals surface area (Å²) in [5.41, 5.74) is 1.68. The van der Waals surface area contributed by atoms with Crippen LogP contribution >= 0.6 is 0 Å². The summed E-state index contributed by atoms with van der Waals surface area (Å²) < 4.78 is 1.44. The van der Waals surface area contributed by atoms with E-state index in [-0.39, 0.29) is 16.6 Å². The van der Waals surface area contributed by atoms with Gasteiger partial charge in [-0.15, -0.1) is 0 Å². The molecule has 2 aromatic heterocycles. The second-order valence-electron chi connectivity index (χ2n) is 5.63. The zero-order valence-electron chi connectivity index (χ0n) is 13.0. The lowest BCUT2D eigenvalue weighted by atomic mass is 10.1. The smallest absolute Gasteiger partial charge is 0.270 e. The Balaban J connectivity index is 1.85. The first-order valence-corrected chi connectivity index (χ1v) is 7.60. The highest BCUT2D eigenvalue weighted by Crippen LogP contribution is 2.18. The normalized spacial score (nSPS) is 11.0. The molecular weight excluding hydrogens is 320 g/mol. The van der Waals surface area contributed by atoms with Crippen LogP contribution in [0.5, 0.6) is 0 Å². The Kier molecular flexibility index (Phi) is 3.46. The van der Waals surface area contributed by atoms with E-state index >= 15 is 0 Å². The van der Waals surface area contributed by atoms with Gasteiger partial charge < -0.3 is 0 Å². The number of aromatic nitrogens is 3. The molecule has 0 aliphatic rings. The molecule has 7 heteroatoms. The standard InChI is InChI=1S/C18H12N4O3/c23-18-15-9-14(22(24)25)6-7-16(15)20-11-21(18)10-13-4-1-3-12-5-2-8-19-17(12)13/h1-9,11H,10H2. The maximum Gasteiger partial charge on any atom is 0.270 e. The van der Waals surface area contributed by atoms with Gasteiger partial charge >= 0.3 is 0 Å². The van der Waals surface area contributed by atoms with Gasteiger partial charge in [0, 0.05) is 23.7 Å². The van der Waals surface area contributed by atoms with Crippen LogP contribution in [0.2, 0.25) is 0 Å². The van der Waals surface area contributed by atoms with Crippen LogP contribution in [-0.4, -0.2) is 19.5 Å². The predicted octanol–water partition coefficient (Wildman–Crippen LogP) is 2.90. The molecular formula is C18H12N4O3. The topological polar surface area (TPSA) is 90.9 Å². The molecule has 25 heavy (non-hydrogen) atoms. The van der Waals surface area contributed by atoms with Crippen LogP contribution in [0.25, 0.3) is 21.8 Å². The molecule has 0 saturated heterocycles. The molecule has 0 spiro atoms. The summed E-state index contributed by atoms with van der Waals surface area (Å²) in [7, 11) is 0. The van der Waals surface area contributed by atoms with Gasteiger partial charge in [0.2, 0.25) is 0 Å². The molecule has 0 atom stereocenters. The van der Waals surface area contributed by atoms with Gasteiger partial charge in [0.25, 0.3) is 11.2 Å². The van der Waals surface area contributed by atoms with Crippen molar-refractivity contribution in [2.45, 2.75) is 6.54 Å². The van der Waals surface area contributed by atoms with Crippen molar-refractivity contribution < 1.29 is 4.92 Å². The van der Waals surface area contributed by atoms with Gasteiger partial charge in [0.1, 0.15) is 0 Å². The fourth-order valence-corrected chi connectivity index (χ4v) is 2.85. The molecule has 0 amide bonds. The highest BCUT2D eigenvalue weighted by molar-refractivity contribution is 5.82. The van der Waals surface area contributed by atoms with Gasteiger partial charge in [-0.3, -0.25) is 24.5 Å². The van der Waals surface area contributed by atoms with Crippen LogP contribution in [0.3, 0.4) is 0 Å². The predicted molar refractivity (Wildman–Crippen MR) is 93.5 cm³/mol. The number of hydrogen-bond acceptors (Lipinski definition) is 5. The summed E-state index contributed by atoms with van der Waals surface area (Å²) in [6.07, 6.45) is 3.16. The number of pyridine rings is 1. The van der Waals surface area contributed by atoms with Crippen LogP contribution < -0.4 is 5.56 Å². The summed E-state index contributed by atoms with van der Waals surface area (Å²) >= 11 is 0. The van der Waals surface area contributed by atoms with Crippen molar-refractivity contribution in [1.82, 2.24) is 14.5 Å². The van der Waals surface area contributed by atoms with Crippen LogP contribution in [0, 0.1) is 10.1 Å². The summed E-state index contributed by atoms with van der Waals surface area (Å²) in [6, 6.07) is 13.7. The zero-order valence-corrected chi connectivity index (χ0v) is 13.0. The highest BCUT2D eigenvalue weighted by atomic mass is 16.6. The van der Waals surface area contributed by atoms with Crippen LogP contribution in [0.15, 0.2) is 65.8 Å². The molecule has 2 aromatic carbocycles. The Morgan fingerprint density at radius 1 is 1.08 bits per heavy atom. The third kappa shape index (κ3) is 2.61. The lowest BCUT2D eigenvalue weighted by Crippen LogP contribution is -2.21. The second kappa shape index (κ2) is 5.79. The summed E-state index contributed by atoms with van der Waals surface area (Å²) in [5.74, 6) is 0. The molecule has 0 unspecified atom stereocenters. The van der Waals surface area contributed by atoms with E-state index < -0.39 is 4.92 Å². The van der Waals surface area contributed by atoms with Crippen LogP contribution in [0.1, 0.15) is 5.56 Å². The monoisotopic (exact) mass is 332 g/mol. The van der Waals surface area contributed by atoms with E-state index in [1.165, 1.54) is 29.1 Å². The third-order valence-electron chi connectivity index (χ3n) is 4.08. The van der Waals surface area contributed by atoms with Gasteiger partial charge in [0.05, 0.1) is 34.2 Å². The molecule has 122 valence electrons. The number of fused-ring (bicyclic) bond motifs is 2. The van der Waals surface area contributed by atoms with E-state index in [0.29, 0.717) is 12.1 Å². The average Bonchev–Trinajstić information content (AvgIpc) is 2.64. The molecule has 2 heterocycles. The Morgan fingerprint density at radius 3 is 2.76 bits per heavy atom. The molecule has 7 nitrogen and oxygen atoms in total. The SMILES string of the molecule is O=c1c2cc([N+](=O)[O-])ccc2ncn1Cc1cccc2cccnc12. The van der Waals surface area contributed by atoms with Crippen molar-refractivity contribution in [3.05, 3.63) is 87.1 Å². The Labute approximate surface area is 141 Å². The average molecular weight is 332 g/mol. The number of rotatable bonds is 3. The van der Waals surface area contributed by atoms with E-state index in [1.54, 1.807) is 6.20 Å². The minimum atomic E-state index is -0.523. The van der Waals surface area contributed by atoms with E-state index in [2.05, 4.69) is 9.97 Å². The van der Waals surface area contributed by atoms with E-state index in [1.807, 2.05) is 30.3 Å². The number of hydrogen-bond donors (Lipinski definition) is 0. The molecule has 0 aliphatic carbocycles. The van der Waals surface area contributed by atoms with E-state index in [4.69, 9.17) is 0 Å². The molecule has 0 saturated carbocycles. The van der Waals surface area contributed by atoms with Gasteiger partial charge in [-0.2, -0.15) is 0 Å². The van der Waals surface area contributed by atoms with Crippen molar-refractivity contribution >= 4 is 27.5 Å². The fraction of sp³-hybridized carbons (Fsp3) is 0.0556. The number of nitrogens with zero attached hydrogens (tertiary/aromatic N) is 4. The number of para-hydroxylation sites is 1. The first-order chi connectivity index (χ1) is 12.1. The number of nitro groups is 1. The number of benzene rings is 2. The van der Waals surface area contributed by atoms with Crippen molar-refractivity contribution in [3.8, 4) is 0 Å². The lowest BCUT2D eigenvalue weighted by Gasteiger charge is -2.09. The number of nitro benzene ring substituents is 1. The minimum absolute atomic E-state index is 0.129. The van der Waals surface area contributed by atoms with Crippen molar-refractivity contribution in [1.29, 1.82) is 0 Å². The maximum atomic E-state index is 12.7. The van der Waals surface area contributed by atoms with E-state index in [0.717, 1.165) is 16.5 Å².